The molecule has 0 heterocycles. The van der Waals surface area contributed by atoms with Gasteiger partial charge in [-0.2, -0.15) is 0 Å². The van der Waals surface area contributed by atoms with Crippen LogP contribution in [0.2, 0.25) is 0 Å². The SMILES string of the molecule is O=C([O-])C=CC(=O)[O-].c1ccc([I+]c2ccccc2)cc1.c1ccc([I+]c2ccccc2)cc1. The summed E-state index contributed by atoms with van der Waals surface area (Å²) in [6, 6.07) is 42.8. The van der Waals surface area contributed by atoms with Gasteiger partial charge < -0.3 is 19.8 Å². The fraction of sp³-hybridized carbons (Fsp3) is 0. The lowest BCUT2D eigenvalue weighted by Gasteiger charge is -1.90. The van der Waals surface area contributed by atoms with E-state index in [-0.39, 0.29) is 42.4 Å². The zero-order valence-electron chi connectivity index (χ0n) is 18.1. The maximum absolute atomic E-state index is 9.41. The van der Waals surface area contributed by atoms with Crippen LogP contribution in [-0.2, 0) is 9.59 Å². The number of halogens is 2. The van der Waals surface area contributed by atoms with Crippen LogP contribution in [0, 0.1) is 14.3 Å². The van der Waals surface area contributed by atoms with Crippen molar-refractivity contribution in [2.45, 2.75) is 0 Å². The molecule has 0 aliphatic rings. The van der Waals surface area contributed by atoms with E-state index in [1.165, 1.54) is 14.3 Å². The number of aliphatic carboxylic acids is 2. The Morgan fingerprint density at radius 3 is 0.824 bits per heavy atom. The molecule has 0 radical (unpaired) electrons. The van der Waals surface area contributed by atoms with Gasteiger partial charge in [-0.25, -0.2) is 0 Å². The first-order valence-corrected chi connectivity index (χ1v) is 14.4. The van der Waals surface area contributed by atoms with Crippen molar-refractivity contribution >= 4 is 11.9 Å². The first-order chi connectivity index (χ1) is 16.5. The van der Waals surface area contributed by atoms with E-state index in [1.54, 1.807) is 0 Å². The van der Waals surface area contributed by atoms with Gasteiger partial charge >= 0.3 is 42.4 Å². The highest BCUT2D eigenvalue weighted by molar-refractivity contribution is 5.87. The number of benzene rings is 4. The van der Waals surface area contributed by atoms with Crippen molar-refractivity contribution in [1.82, 2.24) is 0 Å². The quantitative estimate of drug-likeness (QED) is 0.158. The minimum absolute atomic E-state index is 0.0287. The van der Waals surface area contributed by atoms with Crippen molar-refractivity contribution in [3.8, 4) is 0 Å². The lowest BCUT2D eigenvalue weighted by Crippen LogP contribution is -3.61. The van der Waals surface area contributed by atoms with Crippen molar-refractivity contribution in [1.29, 1.82) is 0 Å². The first-order valence-electron chi connectivity index (χ1n) is 10.1. The van der Waals surface area contributed by atoms with Gasteiger partial charge in [0.2, 0.25) is 0 Å². The summed E-state index contributed by atoms with van der Waals surface area (Å²) >= 11 is 0.0574. The number of carbonyl (C=O) groups is 2. The Morgan fingerprint density at radius 1 is 0.441 bits per heavy atom. The summed E-state index contributed by atoms with van der Waals surface area (Å²) in [5.41, 5.74) is 0. The third kappa shape index (κ3) is 12.9. The smallest absolute Gasteiger partial charge is 0.357 e. The van der Waals surface area contributed by atoms with Gasteiger partial charge in [-0.15, -0.1) is 0 Å². The second-order valence-corrected chi connectivity index (χ2v) is 12.4. The molecule has 0 aliphatic heterocycles. The Morgan fingerprint density at radius 2 is 0.647 bits per heavy atom. The van der Waals surface area contributed by atoms with Crippen LogP contribution in [0.4, 0.5) is 0 Å². The lowest BCUT2D eigenvalue weighted by molar-refractivity contribution is -0.597. The number of rotatable bonds is 6. The predicted molar refractivity (Wildman–Crippen MR) is 120 cm³/mol. The Kier molecular flexibility index (Phi) is 13.3. The van der Waals surface area contributed by atoms with Crippen LogP contribution in [-0.4, -0.2) is 11.9 Å². The van der Waals surface area contributed by atoms with E-state index >= 15 is 0 Å². The molecule has 0 saturated carbocycles. The average Bonchev–Trinajstić information content (AvgIpc) is 2.86. The summed E-state index contributed by atoms with van der Waals surface area (Å²) in [5, 5.41) is 18.8. The normalized spacial score (nSPS) is 9.76. The number of carbonyl (C=O) groups excluding carboxylic acids is 2. The molecule has 4 rings (SSSR count). The maximum Gasteiger partial charge on any atom is 0.357 e. The standard InChI is InChI=1S/2C12H10I.C4H4O4/c2*1-3-7-11(8-4-1)13-12-9-5-2-6-10-12;5-3(6)1-2-4(7)8/h2*1-10H;1-2H,(H,5,6)(H,7,8)/q2*+1;/p-2. The molecule has 4 nitrogen and oxygen atoms in total. The number of hydrogen-bond acceptors (Lipinski definition) is 4. The maximum atomic E-state index is 9.41. The van der Waals surface area contributed by atoms with Crippen molar-refractivity contribution < 1.29 is 62.2 Å². The van der Waals surface area contributed by atoms with E-state index < -0.39 is 11.9 Å². The van der Waals surface area contributed by atoms with Crippen LogP contribution >= 0.6 is 0 Å². The van der Waals surface area contributed by atoms with Gasteiger partial charge in [0.25, 0.3) is 0 Å². The van der Waals surface area contributed by atoms with Gasteiger partial charge in [0, 0.05) is 0 Å². The van der Waals surface area contributed by atoms with Gasteiger partial charge in [-0.1, -0.05) is 72.8 Å². The molecule has 0 unspecified atom stereocenters. The van der Waals surface area contributed by atoms with Crippen LogP contribution in [0.25, 0.3) is 0 Å². The molecule has 0 fully saturated rings. The lowest BCUT2D eigenvalue weighted by atomic mass is 10.4. The Labute approximate surface area is 220 Å². The molecule has 4 aromatic rings. The highest BCUT2D eigenvalue weighted by atomic mass is 127. The predicted octanol–water partition coefficient (Wildman–Crippen LogP) is -3.33. The molecular formula is C28H22I2O4. The molecular weight excluding hydrogens is 654 g/mol. The van der Waals surface area contributed by atoms with Crippen molar-refractivity contribution in [2.24, 2.45) is 0 Å². The molecule has 0 bridgehead atoms. The Hall–Kier alpha value is -2.98. The summed E-state index contributed by atoms with van der Waals surface area (Å²) in [6.45, 7) is 0. The van der Waals surface area contributed by atoms with Crippen molar-refractivity contribution in [3.05, 3.63) is 148 Å². The van der Waals surface area contributed by atoms with E-state index in [4.69, 9.17) is 0 Å². The summed E-state index contributed by atoms with van der Waals surface area (Å²) in [4.78, 5) is 18.8. The summed E-state index contributed by atoms with van der Waals surface area (Å²) in [5.74, 6) is -3.09. The van der Waals surface area contributed by atoms with Gasteiger partial charge in [0.15, 0.2) is 14.3 Å². The number of carboxylic acid groups (broad SMARTS) is 2. The van der Waals surface area contributed by atoms with Gasteiger partial charge in [-0.3, -0.25) is 0 Å². The van der Waals surface area contributed by atoms with E-state index in [1.807, 2.05) is 0 Å². The van der Waals surface area contributed by atoms with Gasteiger partial charge in [-0.05, 0) is 60.7 Å². The molecule has 0 aromatic heterocycles. The molecule has 0 spiro atoms. The number of carboxylic acids is 2. The summed E-state index contributed by atoms with van der Waals surface area (Å²) < 4.78 is 5.92. The molecule has 0 N–H and O–H groups in total. The highest BCUT2D eigenvalue weighted by Gasteiger charge is 2.13. The zero-order valence-corrected chi connectivity index (χ0v) is 22.4. The minimum Gasteiger partial charge on any atom is -0.545 e. The fourth-order valence-electron chi connectivity index (χ4n) is 2.30. The van der Waals surface area contributed by atoms with Gasteiger partial charge in [0.05, 0.1) is 11.9 Å². The number of hydrogen-bond donors (Lipinski definition) is 0. The monoisotopic (exact) mass is 676 g/mol. The van der Waals surface area contributed by atoms with Crippen molar-refractivity contribution in [3.63, 3.8) is 0 Å². The second kappa shape index (κ2) is 16.6. The molecule has 172 valence electrons. The minimum atomic E-state index is -1.55. The molecule has 0 atom stereocenters. The first kappa shape index (κ1) is 27.3. The molecule has 4 aromatic carbocycles. The molecule has 0 amide bonds. The van der Waals surface area contributed by atoms with E-state index in [2.05, 4.69) is 121 Å². The van der Waals surface area contributed by atoms with Crippen LogP contribution < -0.4 is 52.6 Å². The third-order valence-corrected chi connectivity index (χ3v) is 9.09. The second-order valence-electron chi connectivity index (χ2n) is 6.34. The van der Waals surface area contributed by atoms with Gasteiger partial charge in [0.1, 0.15) is 0 Å². The average molecular weight is 676 g/mol. The topological polar surface area (TPSA) is 80.3 Å². The van der Waals surface area contributed by atoms with Crippen molar-refractivity contribution in [2.75, 3.05) is 0 Å². The zero-order chi connectivity index (χ0) is 24.4. The van der Waals surface area contributed by atoms with E-state index in [0.29, 0.717) is 12.2 Å². The van der Waals surface area contributed by atoms with E-state index in [0.717, 1.165) is 0 Å². The van der Waals surface area contributed by atoms with Crippen LogP contribution in [0.5, 0.6) is 0 Å². The van der Waals surface area contributed by atoms with Crippen LogP contribution in [0.15, 0.2) is 133 Å². The highest BCUT2D eigenvalue weighted by Crippen LogP contribution is 1.86. The molecule has 34 heavy (non-hydrogen) atoms. The Balaban J connectivity index is 0.000000187. The largest absolute Gasteiger partial charge is 0.545 e. The Bertz CT molecular complexity index is 966. The fourth-order valence-corrected chi connectivity index (χ4v) is 6.84. The van der Waals surface area contributed by atoms with E-state index in [9.17, 15) is 19.8 Å². The third-order valence-electron chi connectivity index (χ3n) is 3.72. The summed E-state index contributed by atoms with van der Waals surface area (Å²) in [6.07, 6.45) is 0.769. The molecule has 0 aliphatic carbocycles. The van der Waals surface area contributed by atoms with Crippen LogP contribution in [0.1, 0.15) is 0 Å². The van der Waals surface area contributed by atoms with Crippen LogP contribution in [0.3, 0.4) is 0 Å². The molecule has 0 saturated heterocycles. The molecule has 6 heteroatoms. The summed E-state index contributed by atoms with van der Waals surface area (Å²) in [7, 11) is 0.